The Labute approximate surface area is 116 Å². The number of hydrogen-bond donors (Lipinski definition) is 0. The van der Waals surface area contributed by atoms with Gasteiger partial charge in [0, 0.05) is 19.0 Å². The number of aromatic nitrogens is 2. The van der Waals surface area contributed by atoms with E-state index in [-0.39, 0.29) is 18.4 Å². The van der Waals surface area contributed by atoms with Crippen molar-refractivity contribution in [2.45, 2.75) is 12.3 Å². The summed E-state index contributed by atoms with van der Waals surface area (Å²) in [5.74, 6) is 1.52. The molecule has 1 aromatic heterocycles. The molecule has 2 heterocycles. The van der Waals surface area contributed by atoms with Crippen LogP contribution >= 0.6 is 0 Å². The number of nitrogens with zero attached hydrogens (tertiary/aromatic N) is 3. The van der Waals surface area contributed by atoms with Crippen LogP contribution in [0.3, 0.4) is 0 Å². The molecule has 1 atom stereocenters. The number of ether oxygens (including phenoxy) is 1. The van der Waals surface area contributed by atoms with Crippen molar-refractivity contribution < 1.29 is 14.1 Å². The van der Waals surface area contributed by atoms with Gasteiger partial charge >= 0.3 is 0 Å². The van der Waals surface area contributed by atoms with E-state index in [9.17, 15) is 4.79 Å². The largest absolute Gasteiger partial charge is 0.484 e. The highest BCUT2D eigenvalue weighted by Crippen LogP contribution is 2.24. The average molecular weight is 273 g/mol. The first kappa shape index (κ1) is 12.7. The molecule has 0 unspecified atom stereocenters. The van der Waals surface area contributed by atoms with Crippen molar-refractivity contribution in [3.8, 4) is 5.75 Å². The van der Waals surface area contributed by atoms with Gasteiger partial charge in [0.25, 0.3) is 5.91 Å². The molecule has 0 aliphatic carbocycles. The van der Waals surface area contributed by atoms with Gasteiger partial charge in [0.2, 0.25) is 6.39 Å². The molecule has 1 saturated heterocycles. The molecule has 6 nitrogen and oxygen atoms in total. The van der Waals surface area contributed by atoms with Gasteiger partial charge in [-0.05, 0) is 18.6 Å². The van der Waals surface area contributed by atoms with Gasteiger partial charge in [-0.3, -0.25) is 4.79 Å². The third kappa shape index (κ3) is 2.79. The van der Waals surface area contributed by atoms with Crippen LogP contribution in [0.25, 0.3) is 0 Å². The van der Waals surface area contributed by atoms with E-state index in [0.29, 0.717) is 24.7 Å². The van der Waals surface area contributed by atoms with Crippen LogP contribution < -0.4 is 4.74 Å². The van der Waals surface area contributed by atoms with Gasteiger partial charge in [0.15, 0.2) is 12.4 Å². The molecule has 0 spiro atoms. The number of rotatable bonds is 4. The summed E-state index contributed by atoms with van der Waals surface area (Å²) < 4.78 is 10.2. The Morgan fingerprint density at radius 2 is 2.25 bits per heavy atom. The summed E-state index contributed by atoms with van der Waals surface area (Å²) >= 11 is 0. The SMILES string of the molecule is O=C(COc1ccccc1)N1CC[C@@H](c2ncon2)C1. The first-order chi connectivity index (χ1) is 9.83. The summed E-state index contributed by atoms with van der Waals surface area (Å²) in [6.45, 7) is 1.38. The van der Waals surface area contributed by atoms with Crippen molar-refractivity contribution in [3.63, 3.8) is 0 Å². The second-order valence-corrected chi connectivity index (χ2v) is 4.72. The second kappa shape index (κ2) is 5.73. The van der Waals surface area contributed by atoms with Gasteiger partial charge in [-0.1, -0.05) is 23.4 Å². The standard InChI is InChI=1S/C14H15N3O3/c18-13(9-19-12-4-2-1-3-5-12)17-7-6-11(8-17)14-15-10-20-16-14/h1-5,10-11H,6-9H2/t11-/m1/s1. The number of carbonyl (C=O) groups excluding carboxylic acids is 1. The summed E-state index contributed by atoms with van der Waals surface area (Å²) in [4.78, 5) is 17.9. The Balaban J connectivity index is 1.51. The lowest BCUT2D eigenvalue weighted by molar-refractivity contribution is -0.132. The van der Waals surface area contributed by atoms with E-state index >= 15 is 0 Å². The number of benzene rings is 1. The summed E-state index contributed by atoms with van der Waals surface area (Å²) in [5, 5.41) is 3.83. The van der Waals surface area contributed by atoms with Crippen LogP contribution in [0, 0.1) is 0 Å². The van der Waals surface area contributed by atoms with E-state index in [4.69, 9.17) is 9.26 Å². The topological polar surface area (TPSA) is 68.5 Å². The zero-order valence-electron chi connectivity index (χ0n) is 10.9. The molecular weight excluding hydrogens is 258 g/mol. The normalized spacial score (nSPS) is 18.2. The number of para-hydroxylation sites is 1. The minimum atomic E-state index is -0.0140. The number of amides is 1. The quantitative estimate of drug-likeness (QED) is 0.843. The molecule has 6 heteroatoms. The van der Waals surface area contributed by atoms with Crippen LogP contribution in [0.15, 0.2) is 41.2 Å². The van der Waals surface area contributed by atoms with Crippen molar-refractivity contribution in [1.82, 2.24) is 15.0 Å². The van der Waals surface area contributed by atoms with Gasteiger partial charge in [-0.25, -0.2) is 0 Å². The molecule has 0 N–H and O–H groups in total. The Bertz CT molecular complexity index is 556. The average Bonchev–Trinajstić information content (AvgIpc) is 3.16. The lowest BCUT2D eigenvalue weighted by Gasteiger charge is -2.16. The fourth-order valence-corrected chi connectivity index (χ4v) is 2.31. The molecule has 0 bridgehead atoms. The molecule has 1 aliphatic rings. The Morgan fingerprint density at radius 1 is 1.40 bits per heavy atom. The van der Waals surface area contributed by atoms with E-state index < -0.39 is 0 Å². The van der Waals surface area contributed by atoms with Crippen molar-refractivity contribution >= 4 is 5.91 Å². The molecule has 1 aromatic carbocycles. The van der Waals surface area contributed by atoms with E-state index in [1.54, 1.807) is 4.90 Å². The predicted octanol–water partition coefficient (Wildman–Crippen LogP) is 1.46. The third-order valence-electron chi connectivity index (χ3n) is 3.39. The summed E-state index contributed by atoms with van der Waals surface area (Å²) in [6, 6.07) is 9.33. The van der Waals surface area contributed by atoms with Crippen LogP contribution in [-0.4, -0.2) is 40.6 Å². The minimum absolute atomic E-state index is 0.0140. The number of likely N-dealkylation sites (tertiary alicyclic amines) is 1. The second-order valence-electron chi connectivity index (χ2n) is 4.72. The van der Waals surface area contributed by atoms with Crippen molar-refractivity contribution in [1.29, 1.82) is 0 Å². The van der Waals surface area contributed by atoms with E-state index in [2.05, 4.69) is 10.1 Å². The van der Waals surface area contributed by atoms with E-state index in [1.165, 1.54) is 6.39 Å². The Kier molecular flexibility index (Phi) is 3.62. The molecule has 104 valence electrons. The predicted molar refractivity (Wildman–Crippen MR) is 70.2 cm³/mol. The van der Waals surface area contributed by atoms with Gasteiger partial charge in [-0.2, -0.15) is 4.98 Å². The number of carbonyl (C=O) groups is 1. The van der Waals surface area contributed by atoms with E-state index in [0.717, 1.165) is 6.42 Å². The van der Waals surface area contributed by atoms with Crippen LogP contribution in [0.1, 0.15) is 18.2 Å². The number of hydrogen-bond acceptors (Lipinski definition) is 5. The van der Waals surface area contributed by atoms with Crippen molar-refractivity contribution in [2.24, 2.45) is 0 Å². The molecule has 1 fully saturated rings. The smallest absolute Gasteiger partial charge is 0.260 e. The van der Waals surface area contributed by atoms with Crippen molar-refractivity contribution in [2.75, 3.05) is 19.7 Å². The molecule has 3 rings (SSSR count). The molecule has 20 heavy (non-hydrogen) atoms. The molecule has 0 saturated carbocycles. The summed E-state index contributed by atoms with van der Waals surface area (Å²) in [6.07, 6.45) is 2.18. The first-order valence-corrected chi connectivity index (χ1v) is 6.55. The van der Waals surface area contributed by atoms with Crippen LogP contribution in [-0.2, 0) is 4.79 Å². The molecule has 1 aliphatic heterocycles. The molecule has 0 radical (unpaired) electrons. The monoisotopic (exact) mass is 273 g/mol. The highest BCUT2D eigenvalue weighted by molar-refractivity contribution is 5.78. The van der Waals surface area contributed by atoms with E-state index in [1.807, 2.05) is 30.3 Å². The maximum absolute atomic E-state index is 12.1. The Hall–Kier alpha value is -2.37. The summed E-state index contributed by atoms with van der Waals surface area (Å²) in [7, 11) is 0. The van der Waals surface area contributed by atoms with Crippen molar-refractivity contribution in [3.05, 3.63) is 42.5 Å². The minimum Gasteiger partial charge on any atom is -0.484 e. The fourth-order valence-electron chi connectivity index (χ4n) is 2.31. The highest BCUT2D eigenvalue weighted by atomic mass is 16.5. The lowest BCUT2D eigenvalue weighted by Crippen LogP contribution is -2.32. The van der Waals surface area contributed by atoms with Crippen LogP contribution in [0.2, 0.25) is 0 Å². The first-order valence-electron chi connectivity index (χ1n) is 6.55. The molecule has 2 aromatic rings. The zero-order valence-corrected chi connectivity index (χ0v) is 10.9. The fraction of sp³-hybridized carbons (Fsp3) is 0.357. The molecule has 1 amide bonds. The molecular formula is C14H15N3O3. The van der Waals surface area contributed by atoms with Gasteiger partial charge < -0.3 is 14.2 Å². The van der Waals surface area contributed by atoms with Gasteiger partial charge in [0.05, 0.1) is 0 Å². The van der Waals surface area contributed by atoms with Crippen LogP contribution in [0.4, 0.5) is 0 Å². The van der Waals surface area contributed by atoms with Gasteiger partial charge in [-0.15, -0.1) is 0 Å². The Morgan fingerprint density at radius 3 is 3.00 bits per heavy atom. The lowest BCUT2D eigenvalue weighted by atomic mass is 10.1. The van der Waals surface area contributed by atoms with Crippen LogP contribution in [0.5, 0.6) is 5.75 Å². The highest BCUT2D eigenvalue weighted by Gasteiger charge is 2.29. The maximum Gasteiger partial charge on any atom is 0.260 e. The summed E-state index contributed by atoms with van der Waals surface area (Å²) in [5.41, 5.74) is 0. The third-order valence-corrected chi connectivity index (χ3v) is 3.39. The maximum atomic E-state index is 12.1. The zero-order chi connectivity index (χ0) is 13.8. The van der Waals surface area contributed by atoms with Gasteiger partial charge in [0.1, 0.15) is 5.75 Å².